The molecule has 22 heavy (non-hydrogen) atoms. The lowest BCUT2D eigenvalue weighted by Crippen LogP contribution is -2.38. The normalized spacial score (nSPS) is 15.0. The number of unbranched alkanes of at least 4 members (excludes halogenated alkanes) is 11. The number of hydrogen-bond donors (Lipinski definition) is 3. The highest BCUT2D eigenvalue weighted by Crippen LogP contribution is 2.13. The van der Waals surface area contributed by atoms with E-state index in [0.717, 1.165) is 12.0 Å². The summed E-state index contributed by atoms with van der Waals surface area (Å²) in [5.74, 6) is 0. The summed E-state index contributed by atoms with van der Waals surface area (Å²) in [5, 5.41) is 18.7. The molecule has 3 heteroatoms. The predicted molar refractivity (Wildman–Crippen MR) is 95.9 cm³/mol. The van der Waals surface area contributed by atoms with Gasteiger partial charge in [-0.3, -0.25) is 0 Å². The molecular weight excluding hydrogens is 274 g/mol. The van der Waals surface area contributed by atoms with Crippen molar-refractivity contribution in [2.24, 2.45) is 5.73 Å². The third kappa shape index (κ3) is 12.2. The number of allylic oxidation sites excluding steroid dienone is 1. The van der Waals surface area contributed by atoms with Gasteiger partial charge in [-0.1, -0.05) is 77.2 Å². The molecule has 0 aromatic rings. The molecule has 0 spiro atoms. The molecular formula is C19H39NO2. The van der Waals surface area contributed by atoms with Crippen molar-refractivity contribution >= 4 is 0 Å². The Balaban J connectivity index is 3.39. The number of aliphatic hydroxyl groups excluding tert-OH is 2. The Hall–Kier alpha value is -0.380. The van der Waals surface area contributed by atoms with Crippen LogP contribution in [0.15, 0.2) is 11.6 Å². The van der Waals surface area contributed by atoms with E-state index in [2.05, 4.69) is 13.0 Å². The lowest BCUT2D eigenvalue weighted by atomic mass is 10.0. The largest absolute Gasteiger partial charge is 0.395 e. The van der Waals surface area contributed by atoms with Gasteiger partial charge in [-0.05, 0) is 25.3 Å². The van der Waals surface area contributed by atoms with Gasteiger partial charge in [0.25, 0.3) is 0 Å². The zero-order chi connectivity index (χ0) is 16.6. The molecule has 2 unspecified atom stereocenters. The van der Waals surface area contributed by atoms with Gasteiger partial charge in [0, 0.05) is 0 Å². The van der Waals surface area contributed by atoms with Crippen molar-refractivity contribution in [3.8, 4) is 0 Å². The summed E-state index contributed by atoms with van der Waals surface area (Å²) in [5.41, 5.74) is 6.50. The summed E-state index contributed by atoms with van der Waals surface area (Å²) in [6, 6.07) is -0.562. The van der Waals surface area contributed by atoms with Crippen LogP contribution in [0.4, 0.5) is 0 Å². The Labute approximate surface area is 138 Å². The average Bonchev–Trinajstić information content (AvgIpc) is 2.54. The van der Waals surface area contributed by atoms with Crippen LogP contribution in [0.3, 0.4) is 0 Å². The van der Waals surface area contributed by atoms with Crippen LogP contribution in [0.2, 0.25) is 0 Å². The molecule has 132 valence electrons. The smallest absolute Gasteiger partial charge is 0.0920 e. The molecule has 0 aromatic carbocycles. The van der Waals surface area contributed by atoms with E-state index < -0.39 is 12.1 Å². The number of aliphatic hydroxyl groups is 2. The number of rotatable bonds is 15. The molecule has 0 aliphatic carbocycles. The van der Waals surface area contributed by atoms with Gasteiger partial charge in [0.15, 0.2) is 0 Å². The molecule has 0 aliphatic heterocycles. The summed E-state index contributed by atoms with van der Waals surface area (Å²) in [6.07, 6.45) is 17.2. The first-order valence-electron chi connectivity index (χ1n) is 9.34. The van der Waals surface area contributed by atoms with E-state index in [4.69, 9.17) is 10.8 Å². The lowest BCUT2D eigenvalue weighted by Gasteiger charge is -2.17. The third-order valence-electron chi connectivity index (χ3n) is 4.36. The molecule has 4 N–H and O–H groups in total. The molecule has 2 atom stereocenters. The van der Waals surface area contributed by atoms with Crippen LogP contribution >= 0.6 is 0 Å². The Morgan fingerprint density at radius 3 is 1.82 bits per heavy atom. The SMILES string of the molecule is CCCCCCCCCCCCCC=C(C)C(O)C(N)CO. The van der Waals surface area contributed by atoms with Gasteiger partial charge in [0.1, 0.15) is 0 Å². The topological polar surface area (TPSA) is 66.5 Å². The maximum atomic E-state index is 9.81. The third-order valence-corrected chi connectivity index (χ3v) is 4.36. The van der Waals surface area contributed by atoms with Gasteiger partial charge in [-0.15, -0.1) is 0 Å². The van der Waals surface area contributed by atoms with Crippen molar-refractivity contribution in [2.45, 2.75) is 103 Å². The Morgan fingerprint density at radius 1 is 0.909 bits per heavy atom. The minimum Gasteiger partial charge on any atom is -0.395 e. The summed E-state index contributed by atoms with van der Waals surface area (Å²) < 4.78 is 0. The van der Waals surface area contributed by atoms with E-state index in [1.54, 1.807) is 0 Å². The molecule has 0 bridgehead atoms. The monoisotopic (exact) mass is 313 g/mol. The second-order valence-electron chi connectivity index (χ2n) is 6.56. The van der Waals surface area contributed by atoms with Gasteiger partial charge < -0.3 is 15.9 Å². The van der Waals surface area contributed by atoms with Crippen LogP contribution in [-0.4, -0.2) is 29.0 Å². The standard InChI is InChI=1S/C19H39NO2/c1-3-4-5-6-7-8-9-10-11-12-13-14-15-17(2)19(22)18(20)16-21/h15,18-19,21-22H,3-14,16,20H2,1-2H3. The summed E-state index contributed by atoms with van der Waals surface area (Å²) in [4.78, 5) is 0. The lowest BCUT2D eigenvalue weighted by molar-refractivity contribution is 0.135. The van der Waals surface area contributed by atoms with Gasteiger partial charge in [0.05, 0.1) is 18.8 Å². The Bertz CT molecular complexity index is 266. The van der Waals surface area contributed by atoms with E-state index in [-0.39, 0.29) is 6.61 Å². The van der Waals surface area contributed by atoms with Crippen LogP contribution in [0.5, 0.6) is 0 Å². The fourth-order valence-corrected chi connectivity index (χ4v) is 2.70. The number of hydrogen-bond acceptors (Lipinski definition) is 3. The molecule has 0 rings (SSSR count). The Kier molecular flexibility index (Phi) is 15.2. The van der Waals surface area contributed by atoms with Crippen LogP contribution in [0, 0.1) is 0 Å². The first-order chi connectivity index (χ1) is 10.6. The molecule has 0 saturated heterocycles. The van der Waals surface area contributed by atoms with E-state index in [0.29, 0.717) is 0 Å². The predicted octanol–water partition coefficient (Wildman–Crippen LogP) is 4.31. The highest BCUT2D eigenvalue weighted by Gasteiger charge is 2.14. The summed E-state index contributed by atoms with van der Waals surface area (Å²) in [7, 11) is 0. The minimum atomic E-state index is -0.710. The molecule has 0 heterocycles. The molecule has 0 aromatic heterocycles. The van der Waals surface area contributed by atoms with Crippen LogP contribution in [0.1, 0.15) is 90.9 Å². The van der Waals surface area contributed by atoms with E-state index >= 15 is 0 Å². The van der Waals surface area contributed by atoms with Crippen molar-refractivity contribution in [3.05, 3.63) is 11.6 Å². The second kappa shape index (κ2) is 15.5. The maximum absolute atomic E-state index is 9.81. The summed E-state index contributed by atoms with van der Waals surface area (Å²) >= 11 is 0. The van der Waals surface area contributed by atoms with Crippen LogP contribution in [-0.2, 0) is 0 Å². The Morgan fingerprint density at radius 2 is 1.36 bits per heavy atom. The fourth-order valence-electron chi connectivity index (χ4n) is 2.70. The van der Waals surface area contributed by atoms with Crippen molar-refractivity contribution in [3.63, 3.8) is 0 Å². The highest BCUT2D eigenvalue weighted by atomic mass is 16.3. The molecule has 0 fully saturated rings. The van der Waals surface area contributed by atoms with Crippen molar-refractivity contribution in [1.29, 1.82) is 0 Å². The molecule has 0 amide bonds. The summed E-state index contributed by atoms with van der Waals surface area (Å²) in [6.45, 7) is 3.97. The molecule has 3 nitrogen and oxygen atoms in total. The zero-order valence-corrected chi connectivity index (χ0v) is 14.9. The van der Waals surface area contributed by atoms with Crippen molar-refractivity contribution in [2.75, 3.05) is 6.61 Å². The van der Waals surface area contributed by atoms with Crippen LogP contribution < -0.4 is 5.73 Å². The molecule has 0 aliphatic rings. The van der Waals surface area contributed by atoms with Gasteiger partial charge >= 0.3 is 0 Å². The average molecular weight is 314 g/mol. The number of nitrogens with two attached hydrogens (primary N) is 1. The van der Waals surface area contributed by atoms with Gasteiger partial charge in [-0.25, -0.2) is 0 Å². The quantitative estimate of drug-likeness (QED) is 0.312. The minimum absolute atomic E-state index is 0.176. The van der Waals surface area contributed by atoms with Crippen LogP contribution in [0.25, 0.3) is 0 Å². The van der Waals surface area contributed by atoms with Gasteiger partial charge in [0.2, 0.25) is 0 Å². The fraction of sp³-hybridized carbons (Fsp3) is 0.895. The molecule has 0 saturated carbocycles. The van der Waals surface area contributed by atoms with E-state index in [1.807, 2.05) is 6.92 Å². The first-order valence-corrected chi connectivity index (χ1v) is 9.34. The van der Waals surface area contributed by atoms with E-state index in [9.17, 15) is 5.11 Å². The molecule has 0 radical (unpaired) electrons. The van der Waals surface area contributed by atoms with Gasteiger partial charge in [-0.2, -0.15) is 0 Å². The second-order valence-corrected chi connectivity index (χ2v) is 6.56. The zero-order valence-electron chi connectivity index (χ0n) is 14.9. The first kappa shape index (κ1) is 21.6. The highest BCUT2D eigenvalue weighted by molar-refractivity contribution is 5.07. The van der Waals surface area contributed by atoms with E-state index in [1.165, 1.54) is 70.6 Å². The van der Waals surface area contributed by atoms with Crippen molar-refractivity contribution < 1.29 is 10.2 Å². The van der Waals surface area contributed by atoms with Crippen molar-refractivity contribution in [1.82, 2.24) is 0 Å². The maximum Gasteiger partial charge on any atom is 0.0920 e.